The molecule has 1 aliphatic carbocycles. The van der Waals surface area contributed by atoms with Crippen LogP contribution in [0.15, 0.2) is 66.7 Å². The predicted octanol–water partition coefficient (Wildman–Crippen LogP) is 4.39. The number of hydrogen-bond donors (Lipinski definition) is 0. The van der Waals surface area contributed by atoms with Crippen LogP contribution in [-0.2, 0) is 25.2 Å². The zero-order valence-corrected chi connectivity index (χ0v) is 17.9. The lowest BCUT2D eigenvalue weighted by Crippen LogP contribution is -2.25. The average Bonchev–Trinajstić information content (AvgIpc) is 3.31. The van der Waals surface area contributed by atoms with Gasteiger partial charge in [0.15, 0.2) is 12.4 Å². The highest BCUT2D eigenvalue weighted by atomic mass is 19.4. The predicted molar refractivity (Wildman–Crippen MR) is 113 cm³/mol. The number of rotatable bonds is 7. The summed E-state index contributed by atoms with van der Waals surface area (Å²) in [6.07, 6.45) is -2.25. The Morgan fingerprint density at radius 2 is 1.85 bits per heavy atom. The third-order valence-corrected chi connectivity index (χ3v) is 5.87. The van der Waals surface area contributed by atoms with Crippen LogP contribution in [0.4, 0.5) is 13.2 Å². The van der Waals surface area contributed by atoms with Crippen molar-refractivity contribution in [2.75, 3.05) is 6.61 Å². The molecule has 1 saturated carbocycles. The van der Waals surface area contributed by atoms with Crippen molar-refractivity contribution in [1.82, 2.24) is 0 Å². The largest absolute Gasteiger partial charge is 0.485 e. The van der Waals surface area contributed by atoms with Crippen molar-refractivity contribution in [2.24, 2.45) is 11.8 Å². The van der Waals surface area contributed by atoms with Crippen molar-refractivity contribution in [3.05, 3.63) is 77.9 Å². The summed E-state index contributed by atoms with van der Waals surface area (Å²) in [5.74, 6) is -2.10. The van der Waals surface area contributed by atoms with Crippen molar-refractivity contribution in [3.63, 3.8) is 0 Å². The van der Waals surface area contributed by atoms with Crippen molar-refractivity contribution in [1.29, 1.82) is 0 Å². The molecule has 4 atom stereocenters. The SMILES string of the molecule is O=C(/C=C/[C@@H]1[C@H]2CC(=O)O[C@H]2C[C@H]1OC(=O)c1ccccc1)COc1cccc(C(F)(F)F)c1. The molecule has 0 unspecified atom stereocenters. The third kappa shape index (κ3) is 5.47. The van der Waals surface area contributed by atoms with Crippen LogP contribution in [-0.4, -0.2) is 36.5 Å². The molecule has 34 heavy (non-hydrogen) atoms. The summed E-state index contributed by atoms with van der Waals surface area (Å²) in [5, 5.41) is 0. The third-order valence-electron chi connectivity index (χ3n) is 5.87. The lowest BCUT2D eigenvalue weighted by atomic mass is 9.91. The average molecular weight is 474 g/mol. The van der Waals surface area contributed by atoms with Crippen molar-refractivity contribution in [2.45, 2.75) is 31.2 Å². The van der Waals surface area contributed by atoms with Gasteiger partial charge in [0.2, 0.25) is 0 Å². The molecular weight excluding hydrogens is 453 g/mol. The van der Waals surface area contributed by atoms with E-state index >= 15 is 0 Å². The summed E-state index contributed by atoms with van der Waals surface area (Å²) in [5.41, 5.74) is -0.496. The zero-order chi connectivity index (χ0) is 24.3. The topological polar surface area (TPSA) is 78.9 Å². The number of carbonyl (C=O) groups excluding carboxylic acids is 3. The summed E-state index contributed by atoms with van der Waals surface area (Å²) in [6, 6.07) is 12.7. The fourth-order valence-electron chi connectivity index (χ4n) is 4.25. The molecule has 0 N–H and O–H groups in total. The molecule has 178 valence electrons. The Labute approximate surface area is 193 Å². The fourth-order valence-corrected chi connectivity index (χ4v) is 4.25. The van der Waals surface area contributed by atoms with E-state index in [1.54, 1.807) is 36.4 Å². The second-order valence-electron chi connectivity index (χ2n) is 8.16. The molecule has 9 heteroatoms. The molecule has 4 rings (SSSR count). The first-order chi connectivity index (χ1) is 16.2. The summed E-state index contributed by atoms with van der Waals surface area (Å²) >= 11 is 0. The lowest BCUT2D eigenvalue weighted by Gasteiger charge is -2.20. The molecule has 1 heterocycles. The number of alkyl halides is 3. The summed E-state index contributed by atoms with van der Waals surface area (Å²) in [4.78, 5) is 36.6. The minimum atomic E-state index is -4.52. The molecular formula is C25H21F3O6. The summed E-state index contributed by atoms with van der Waals surface area (Å²) < 4.78 is 54.7. The molecule has 2 aliphatic rings. The highest BCUT2D eigenvalue weighted by molar-refractivity contribution is 5.91. The normalized spacial score (nSPS) is 24.0. The Morgan fingerprint density at radius 1 is 1.09 bits per heavy atom. The van der Waals surface area contributed by atoms with Crippen LogP contribution in [0.2, 0.25) is 0 Å². The quantitative estimate of drug-likeness (QED) is 0.438. The number of benzene rings is 2. The van der Waals surface area contributed by atoms with E-state index < -0.39 is 48.2 Å². The molecule has 0 amide bonds. The number of esters is 2. The van der Waals surface area contributed by atoms with Gasteiger partial charge in [-0.25, -0.2) is 4.79 Å². The Balaban J connectivity index is 1.40. The van der Waals surface area contributed by atoms with Crippen molar-refractivity contribution in [3.8, 4) is 5.75 Å². The van der Waals surface area contributed by atoms with E-state index in [-0.39, 0.29) is 24.1 Å². The van der Waals surface area contributed by atoms with E-state index in [1.165, 1.54) is 18.2 Å². The van der Waals surface area contributed by atoms with Gasteiger partial charge in [0, 0.05) is 18.3 Å². The van der Waals surface area contributed by atoms with Gasteiger partial charge in [0.05, 0.1) is 17.5 Å². The molecule has 1 saturated heterocycles. The lowest BCUT2D eigenvalue weighted by molar-refractivity contribution is -0.142. The minimum Gasteiger partial charge on any atom is -0.485 e. The fraction of sp³-hybridized carbons (Fsp3) is 0.320. The van der Waals surface area contributed by atoms with E-state index in [1.807, 2.05) is 0 Å². The second kappa shape index (κ2) is 9.70. The van der Waals surface area contributed by atoms with Crippen LogP contribution in [0.3, 0.4) is 0 Å². The van der Waals surface area contributed by atoms with Crippen LogP contribution in [0, 0.1) is 11.8 Å². The maximum Gasteiger partial charge on any atom is 0.416 e. The van der Waals surface area contributed by atoms with Crippen molar-refractivity contribution >= 4 is 17.7 Å². The molecule has 0 spiro atoms. The van der Waals surface area contributed by atoms with Crippen LogP contribution in [0.5, 0.6) is 5.75 Å². The molecule has 6 nitrogen and oxygen atoms in total. The van der Waals surface area contributed by atoms with Gasteiger partial charge in [0.1, 0.15) is 18.0 Å². The van der Waals surface area contributed by atoms with E-state index in [2.05, 4.69) is 0 Å². The maximum absolute atomic E-state index is 12.8. The van der Waals surface area contributed by atoms with Crippen LogP contribution in [0.1, 0.15) is 28.8 Å². The number of halogens is 3. The highest BCUT2D eigenvalue weighted by Gasteiger charge is 2.50. The van der Waals surface area contributed by atoms with E-state index in [0.29, 0.717) is 12.0 Å². The molecule has 0 bridgehead atoms. The van der Waals surface area contributed by atoms with E-state index in [9.17, 15) is 27.6 Å². The minimum absolute atomic E-state index is 0.0815. The summed E-state index contributed by atoms with van der Waals surface area (Å²) in [6.45, 7) is -0.470. The number of carbonyl (C=O) groups is 3. The summed E-state index contributed by atoms with van der Waals surface area (Å²) in [7, 11) is 0. The van der Waals surface area contributed by atoms with Crippen molar-refractivity contribution < 1.29 is 41.8 Å². The van der Waals surface area contributed by atoms with Gasteiger partial charge in [-0.05, 0) is 36.4 Å². The van der Waals surface area contributed by atoms with E-state index in [0.717, 1.165) is 12.1 Å². The van der Waals surface area contributed by atoms with Gasteiger partial charge in [-0.15, -0.1) is 0 Å². The number of hydrogen-bond acceptors (Lipinski definition) is 6. The van der Waals surface area contributed by atoms with Gasteiger partial charge < -0.3 is 14.2 Å². The maximum atomic E-state index is 12.8. The molecule has 2 aromatic rings. The van der Waals surface area contributed by atoms with Crippen LogP contribution in [0.25, 0.3) is 0 Å². The number of ketones is 1. The smallest absolute Gasteiger partial charge is 0.416 e. The van der Waals surface area contributed by atoms with Crippen LogP contribution < -0.4 is 4.74 Å². The number of fused-ring (bicyclic) bond motifs is 1. The monoisotopic (exact) mass is 474 g/mol. The first-order valence-electron chi connectivity index (χ1n) is 10.7. The molecule has 2 fully saturated rings. The van der Waals surface area contributed by atoms with Gasteiger partial charge in [-0.3, -0.25) is 9.59 Å². The number of ether oxygens (including phenoxy) is 3. The van der Waals surface area contributed by atoms with Gasteiger partial charge in [-0.2, -0.15) is 13.2 Å². The standard InChI is InChI=1S/C25H21F3O6/c26-25(27,28)16-7-4-8-18(11-16)32-14-17(29)9-10-19-20-12-23(30)33-22(20)13-21(19)34-24(31)15-5-2-1-3-6-15/h1-11,19-22H,12-14H2/b10-9+/t19-,20-,21-,22+/m1/s1. The van der Waals surface area contributed by atoms with E-state index in [4.69, 9.17) is 14.2 Å². The molecule has 0 aromatic heterocycles. The first kappa shape index (κ1) is 23.5. The Bertz CT molecular complexity index is 1100. The molecule has 0 radical (unpaired) electrons. The first-order valence-corrected chi connectivity index (χ1v) is 10.7. The molecule has 2 aromatic carbocycles. The van der Waals surface area contributed by atoms with Gasteiger partial charge in [0.25, 0.3) is 0 Å². The zero-order valence-electron chi connectivity index (χ0n) is 17.9. The van der Waals surface area contributed by atoms with Crippen LogP contribution >= 0.6 is 0 Å². The van der Waals surface area contributed by atoms with Gasteiger partial charge in [-0.1, -0.05) is 30.3 Å². The Kier molecular flexibility index (Phi) is 6.72. The Morgan fingerprint density at radius 3 is 2.59 bits per heavy atom. The second-order valence-corrected chi connectivity index (χ2v) is 8.16. The highest BCUT2D eigenvalue weighted by Crippen LogP contribution is 2.43. The molecule has 1 aliphatic heterocycles. The van der Waals surface area contributed by atoms with Gasteiger partial charge >= 0.3 is 18.1 Å². The Hall–Kier alpha value is -3.62.